The number of benzene rings is 1. The molecule has 1 aromatic rings. The van der Waals surface area contributed by atoms with E-state index in [2.05, 4.69) is 4.90 Å². The van der Waals surface area contributed by atoms with E-state index in [4.69, 9.17) is 4.74 Å². The van der Waals surface area contributed by atoms with Crippen molar-refractivity contribution in [2.45, 2.75) is 69.7 Å². The number of aliphatic hydroxyl groups excluding tert-OH is 2. The first kappa shape index (κ1) is 36.6. The molecule has 250 valence electrons. The number of piperazine rings is 1. The van der Waals surface area contributed by atoms with E-state index in [1.807, 2.05) is 33.9 Å². The van der Waals surface area contributed by atoms with Crippen molar-refractivity contribution < 1.29 is 37.8 Å². The molecular formula is C33H49N3O8S. The fraction of sp³-hybridized carbons (Fsp3) is 0.606. The third-order valence-corrected chi connectivity index (χ3v) is 10.6. The van der Waals surface area contributed by atoms with E-state index >= 15 is 0 Å². The van der Waals surface area contributed by atoms with Crippen molar-refractivity contribution in [3.63, 3.8) is 0 Å². The summed E-state index contributed by atoms with van der Waals surface area (Å²) in [6.07, 6.45) is 5.92. The molecule has 0 bridgehead atoms. The van der Waals surface area contributed by atoms with Gasteiger partial charge in [-0.1, -0.05) is 43.7 Å². The molecule has 2 saturated heterocycles. The van der Waals surface area contributed by atoms with Crippen molar-refractivity contribution in [3.05, 3.63) is 47.6 Å². The Morgan fingerprint density at radius 3 is 2.42 bits per heavy atom. The second-order valence-corrected chi connectivity index (χ2v) is 14.4. The highest BCUT2D eigenvalue weighted by molar-refractivity contribution is 7.89. The molecule has 0 unspecified atom stereocenters. The van der Waals surface area contributed by atoms with E-state index in [1.54, 1.807) is 35.3 Å². The number of hydrogen-bond acceptors (Lipinski definition) is 9. The Balaban J connectivity index is 1.75. The number of hydrogen-bond donors (Lipinski definition) is 2. The summed E-state index contributed by atoms with van der Waals surface area (Å²) in [6, 6.07) is 6.53. The number of ether oxygens (including phenoxy) is 1. The Morgan fingerprint density at radius 2 is 1.80 bits per heavy atom. The third kappa shape index (κ3) is 10.6. The van der Waals surface area contributed by atoms with E-state index < -0.39 is 40.3 Å². The number of aldehydes is 2. The largest absolute Gasteiger partial charge is 0.442 e. The van der Waals surface area contributed by atoms with Crippen molar-refractivity contribution in [1.82, 2.24) is 14.1 Å². The van der Waals surface area contributed by atoms with Gasteiger partial charge >= 0.3 is 6.09 Å². The summed E-state index contributed by atoms with van der Waals surface area (Å²) in [5.74, 6) is -0.942. The van der Waals surface area contributed by atoms with E-state index in [1.165, 1.54) is 10.4 Å². The van der Waals surface area contributed by atoms with E-state index in [9.17, 15) is 33.0 Å². The van der Waals surface area contributed by atoms with Gasteiger partial charge in [-0.15, -0.1) is 0 Å². The number of likely N-dealkylation sites (N-methyl/N-ethyl adjacent to an activating group) is 1. The lowest BCUT2D eigenvalue weighted by Crippen LogP contribution is -2.48. The van der Waals surface area contributed by atoms with Gasteiger partial charge in [0.2, 0.25) is 10.0 Å². The molecular weight excluding hydrogens is 598 g/mol. The van der Waals surface area contributed by atoms with Crippen molar-refractivity contribution in [3.8, 4) is 0 Å². The van der Waals surface area contributed by atoms with Crippen LogP contribution in [0.25, 0.3) is 6.08 Å². The van der Waals surface area contributed by atoms with E-state index in [0.717, 1.165) is 24.9 Å². The summed E-state index contributed by atoms with van der Waals surface area (Å²) in [5.41, 5.74) is 1.38. The first-order valence-corrected chi connectivity index (χ1v) is 17.2. The Labute approximate surface area is 267 Å². The van der Waals surface area contributed by atoms with Gasteiger partial charge in [0.05, 0.1) is 17.1 Å². The quantitative estimate of drug-likeness (QED) is 0.217. The molecule has 0 spiro atoms. The number of carbonyl (C=O) groups is 3. The number of amides is 1. The predicted molar refractivity (Wildman–Crippen MR) is 172 cm³/mol. The lowest BCUT2D eigenvalue weighted by molar-refractivity contribution is -0.111. The van der Waals surface area contributed by atoms with Crippen LogP contribution in [-0.4, -0.2) is 116 Å². The minimum absolute atomic E-state index is 0.0498. The first-order chi connectivity index (χ1) is 21.3. The molecule has 2 aliphatic rings. The molecule has 45 heavy (non-hydrogen) atoms. The van der Waals surface area contributed by atoms with Crippen LogP contribution in [0.5, 0.6) is 0 Å². The number of nitrogens with zero attached hydrogens (tertiary/aromatic N) is 3. The average molecular weight is 648 g/mol. The molecule has 0 radical (unpaired) electrons. The van der Waals surface area contributed by atoms with Gasteiger partial charge in [0.15, 0.2) is 0 Å². The highest BCUT2D eigenvalue weighted by Gasteiger charge is 2.32. The van der Waals surface area contributed by atoms with Crippen molar-refractivity contribution in [2.75, 3.05) is 46.3 Å². The number of aliphatic hydroxyl groups is 2. The summed E-state index contributed by atoms with van der Waals surface area (Å²) in [5, 5.41) is 19.9. The Bertz CT molecular complexity index is 1310. The van der Waals surface area contributed by atoms with Crippen LogP contribution >= 0.6 is 0 Å². The molecule has 1 amide bonds. The van der Waals surface area contributed by atoms with Gasteiger partial charge in [0.1, 0.15) is 18.7 Å². The second-order valence-electron chi connectivity index (χ2n) is 12.4. The summed E-state index contributed by atoms with van der Waals surface area (Å²) >= 11 is 0. The lowest BCUT2D eigenvalue weighted by Gasteiger charge is -2.33. The van der Waals surface area contributed by atoms with Gasteiger partial charge in [-0.05, 0) is 68.8 Å². The molecule has 3 rings (SSSR count). The Kier molecular flexibility index (Phi) is 13.9. The second kappa shape index (κ2) is 17.1. The van der Waals surface area contributed by atoms with Gasteiger partial charge in [-0.3, -0.25) is 0 Å². The summed E-state index contributed by atoms with van der Waals surface area (Å²) in [7, 11) is -1.75. The lowest BCUT2D eigenvalue weighted by atomic mass is 9.86. The monoisotopic (exact) mass is 647 g/mol. The highest BCUT2D eigenvalue weighted by Crippen LogP contribution is 2.27. The van der Waals surface area contributed by atoms with Crippen LogP contribution in [0.15, 0.2) is 46.9 Å². The van der Waals surface area contributed by atoms with Crippen LogP contribution in [-0.2, 0) is 24.3 Å². The fourth-order valence-electron chi connectivity index (χ4n) is 5.63. The zero-order valence-corrected chi connectivity index (χ0v) is 27.6. The predicted octanol–water partition coefficient (Wildman–Crippen LogP) is 2.97. The van der Waals surface area contributed by atoms with Crippen molar-refractivity contribution in [2.24, 2.45) is 17.8 Å². The number of β-amino-alcohol motifs (C(OH)–C–C–N with tert-alkyl or cyclic N) is 1. The molecule has 6 atom stereocenters. The summed E-state index contributed by atoms with van der Waals surface area (Å²) in [6.45, 7) is 8.62. The van der Waals surface area contributed by atoms with Gasteiger partial charge in [0.25, 0.3) is 0 Å². The van der Waals surface area contributed by atoms with Crippen LogP contribution in [0.3, 0.4) is 0 Å². The van der Waals surface area contributed by atoms with Crippen LogP contribution in [0.1, 0.15) is 52.0 Å². The normalized spacial score (nSPS) is 22.1. The maximum atomic E-state index is 13.1. The molecule has 2 N–H and O–H groups in total. The molecule has 0 saturated carbocycles. The van der Waals surface area contributed by atoms with Crippen LogP contribution < -0.4 is 0 Å². The average Bonchev–Trinajstić information content (AvgIpc) is 3.46. The number of allylic oxidation sites excluding steroid dienone is 2. The molecule has 2 aliphatic heterocycles. The number of rotatable bonds is 15. The number of carbonyl (C=O) groups excluding carboxylic acids is 3. The summed E-state index contributed by atoms with van der Waals surface area (Å²) in [4.78, 5) is 40.1. The number of sulfonamides is 1. The van der Waals surface area contributed by atoms with E-state index in [-0.39, 0.29) is 36.2 Å². The van der Waals surface area contributed by atoms with Crippen molar-refractivity contribution >= 4 is 34.8 Å². The molecule has 0 aromatic heterocycles. The van der Waals surface area contributed by atoms with Crippen LogP contribution in [0, 0.1) is 17.8 Å². The topological polar surface area (TPSA) is 145 Å². The van der Waals surface area contributed by atoms with Crippen molar-refractivity contribution in [1.29, 1.82) is 0 Å². The standard InChI is InChI=1S/C33H49N3O8S/c1-24(9-11-32(25(2)8-10-28(39)13-19-37)44-33(41)35-17-15-34(4)16-18-35)31(23-38)26(3)20-27-6-5-7-30(21-27)45(42,43)36-14-12-29(40)22-36/h5-7,9,11,19-21,23-25,28-29,31-32,39-40H,8,10,12-18,22H2,1-4H3/b11-9+,26-20+/t24-,25-,28+,29+,31-,32-/m0/s1. The zero-order valence-electron chi connectivity index (χ0n) is 26.8. The maximum absolute atomic E-state index is 13.1. The smallest absolute Gasteiger partial charge is 0.410 e. The van der Waals surface area contributed by atoms with Crippen LogP contribution in [0.4, 0.5) is 4.79 Å². The van der Waals surface area contributed by atoms with E-state index in [0.29, 0.717) is 44.2 Å². The minimum Gasteiger partial charge on any atom is -0.442 e. The fourth-order valence-corrected chi connectivity index (χ4v) is 7.17. The molecule has 11 nitrogen and oxygen atoms in total. The zero-order chi connectivity index (χ0) is 33.1. The molecule has 12 heteroatoms. The summed E-state index contributed by atoms with van der Waals surface area (Å²) < 4.78 is 33.4. The third-order valence-electron chi connectivity index (χ3n) is 8.74. The highest BCUT2D eigenvalue weighted by atomic mass is 32.2. The minimum atomic E-state index is -3.75. The first-order valence-electron chi connectivity index (χ1n) is 15.7. The maximum Gasteiger partial charge on any atom is 0.410 e. The Hall–Kier alpha value is -2.90. The van der Waals surface area contributed by atoms with Gasteiger partial charge in [-0.25, -0.2) is 13.2 Å². The molecule has 2 heterocycles. The SMILES string of the molecule is C/C(=C\c1cccc(S(=O)(=O)N2CC[C@@H](O)C2)c1)[C@@H](C=O)[C@@H](C)/C=C/[C@H](OC(=O)N1CCN(C)CC1)[C@@H](C)CC[C@@H](O)CC=O. The van der Waals surface area contributed by atoms with Gasteiger partial charge in [0, 0.05) is 51.6 Å². The molecule has 2 fully saturated rings. The molecule has 1 aromatic carbocycles. The van der Waals surface area contributed by atoms with Crippen LogP contribution in [0.2, 0.25) is 0 Å². The Morgan fingerprint density at radius 1 is 1.09 bits per heavy atom. The van der Waals surface area contributed by atoms with Gasteiger partial charge in [-0.2, -0.15) is 4.31 Å². The molecule has 0 aliphatic carbocycles. The van der Waals surface area contributed by atoms with Gasteiger partial charge < -0.3 is 34.3 Å².